The van der Waals surface area contributed by atoms with E-state index in [1.165, 1.54) is 17.7 Å². The monoisotopic (exact) mass is 467 g/mol. The molecule has 172 valence electrons. The fourth-order valence-corrected chi connectivity index (χ4v) is 5.18. The van der Waals surface area contributed by atoms with Crippen molar-refractivity contribution in [1.82, 2.24) is 24.6 Å². The van der Waals surface area contributed by atoms with Gasteiger partial charge in [-0.2, -0.15) is 5.10 Å². The predicted molar refractivity (Wildman–Crippen MR) is 126 cm³/mol. The highest BCUT2D eigenvalue weighted by Crippen LogP contribution is 2.32. The van der Waals surface area contributed by atoms with Crippen molar-refractivity contribution in [2.24, 2.45) is 0 Å². The van der Waals surface area contributed by atoms with Crippen LogP contribution in [0.1, 0.15) is 49.0 Å². The largest absolute Gasteiger partial charge is 0.465 e. The highest BCUT2D eigenvalue weighted by Gasteiger charge is 2.30. The number of fused-ring (bicyclic) bond motifs is 1. The lowest BCUT2D eigenvalue weighted by Gasteiger charge is -2.38. The Balaban J connectivity index is 1.42. The SMILES string of the molecule is C[C@@H]1CN(C(=O)c2ccc3c(Cl)cc(-c4cnn(C5CCCC5)c4)nc3c2)CCN1C(=O)O. The summed E-state index contributed by atoms with van der Waals surface area (Å²) in [6, 6.07) is 7.38. The fraction of sp³-hybridized carbons (Fsp3) is 0.417. The van der Waals surface area contributed by atoms with Crippen LogP contribution in [0.3, 0.4) is 0 Å². The number of amides is 2. The molecule has 2 fully saturated rings. The first-order valence-corrected chi connectivity index (χ1v) is 11.7. The van der Waals surface area contributed by atoms with E-state index in [-0.39, 0.29) is 11.9 Å². The number of hydrogen-bond donors (Lipinski definition) is 1. The Bertz CT molecular complexity index is 1220. The Hall–Kier alpha value is -3.13. The van der Waals surface area contributed by atoms with Gasteiger partial charge in [-0.25, -0.2) is 9.78 Å². The first-order chi connectivity index (χ1) is 15.9. The average Bonchev–Trinajstić information content (AvgIpc) is 3.50. The molecule has 1 N–H and O–H groups in total. The van der Waals surface area contributed by atoms with Crippen LogP contribution in [0.25, 0.3) is 22.2 Å². The van der Waals surface area contributed by atoms with Gasteiger partial charge in [0.15, 0.2) is 0 Å². The highest BCUT2D eigenvalue weighted by molar-refractivity contribution is 6.35. The van der Waals surface area contributed by atoms with E-state index in [1.54, 1.807) is 17.0 Å². The molecule has 3 aromatic rings. The Labute approximate surface area is 196 Å². The molecule has 2 aliphatic rings. The number of aromatic nitrogens is 3. The van der Waals surface area contributed by atoms with Crippen molar-refractivity contribution in [3.05, 3.63) is 47.2 Å². The predicted octanol–water partition coefficient (Wildman–Crippen LogP) is 4.69. The molecular weight excluding hydrogens is 442 g/mol. The molecule has 2 aromatic heterocycles. The third-order valence-electron chi connectivity index (χ3n) is 6.76. The molecule has 2 amide bonds. The minimum Gasteiger partial charge on any atom is -0.465 e. The molecule has 3 heterocycles. The number of halogens is 1. The van der Waals surface area contributed by atoms with Crippen LogP contribution >= 0.6 is 11.6 Å². The van der Waals surface area contributed by atoms with Crippen molar-refractivity contribution in [2.45, 2.75) is 44.7 Å². The van der Waals surface area contributed by atoms with E-state index in [0.717, 1.165) is 29.5 Å². The van der Waals surface area contributed by atoms with Crippen LogP contribution in [0.2, 0.25) is 5.02 Å². The molecule has 8 nitrogen and oxygen atoms in total. The van der Waals surface area contributed by atoms with E-state index in [4.69, 9.17) is 16.6 Å². The number of carbonyl (C=O) groups excluding carboxylic acids is 1. The van der Waals surface area contributed by atoms with E-state index in [1.807, 2.05) is 36.1 Å². The van der Waals surface area contributed by atoms with Gasteiger partial charge in [0, 0.05) is 48.4 Å². The quantitative estimate of drug-likeness (QED) is 0.603. The minimum absolute atomic E-state index is 0.133. The summed E-state index contributed by atoms with van der Waals surface area (Å²) in [7, 11) is 0. The molecule has 0 radical (unpaired) electrons. The molecule has 9 heteroatoms. The summed E-state index contributed by atoms with van der Waals surface area (Å²) in [6.07, 6.45) is 7.67. The fourth-order valence-electron chi connectivity index (χ4n) is 4.91. The smallest absolute Gasteiger partial charge is 0.407 e. The Morgan fingerprint density at radius 3 is 2.67 bits per heavy atom. The van der Waals surface area contributed by atoms with Crippen LogP contribution in [0.5, 0.6) is 0 Å². The van der Waals surface area contributed by atoms with Gasteiger partial charge in [0.1, 0.15) is 0 Å². The lowest BCUT2D eigenvalue weighted by molar-refractivity contribution is 0.0507. The lowest BCUT2D eigenvalue weighted by Crippen LogP contribution is -2.55. The maximum Gasteiger partial charge on any atom is 0.407 e. The van der Waals surface area contributed by atoms with Crippen LogP contribution in [0.4, 0.5) is 4.79 Å². The summed E-state index contributed by atoms with van der Waals surface area (Å²) in [6.45, 7) is 2.84. The minimum atomic E-state index is -0.956. The Morgan fingerprint density at radius 1 is 1.15 bits per heavy atom. The summed E-state index contributed by atoms with van der Waals surface area (Å²) < 4.78 is 2.03. The standard InChI is InChI=1S/C24H26ClN5O3/c1-15-13-28(8-9-29(15)24(32)33)23(31)16-6-7-19-20(25)11-21(27-22(19)10-16)17-12-26-30(14-17)18-4-2-3-5-18/h6-7,10-12,14-15,18H,2-5,8-9,13H2,1H3,(H,32,33)/t15-/m1/s1. The molecule has 5 rings (SSSR count). The summed E-state index contributed by atoms with van der Waals surface area (Å²) in [5.41, 5.74) is 2.79. The number of hydrogen-bond acceptors (Lipinski definition) is 4. The number of carboxylic acid groups (broad SMARTS) is 1. The lowest BCUT2D eigenvalue weighted by atomic mass is 10.1. The number of piperazine rings is 1. The van der Waals surface area contributed by atoms with Crippen LogP contribution < -0.4 is 0 Å². The number of nitrogens with zero attached hydrogens (tertiary/aromatic N) is 5. The van der Waals surface area contributed by atoms with Crippen LogP contribution in [-0.2, 0) is 0 Å². The molecule has 1 aromatic carbocycles. The topological polar surface area (TPSA) is 91.6 Å². The van der Waals surface area contributed by atoms with Crippen LogP contribution in [-0.4, -0.2) is 67.3 Å². The van der Waals surface area contributed by atoms with E-state index in [2.05, 4.69) is 5.10 Å². The number of pyridine rings is 1. The third-order valence-corrected chi connectivity index (χ3v) is 7.08. The van der Waals surface area contributed by atoms with Gasteiger partial charge in [-0.15, -0.1) is 0 Å². The summed E-state index contributed by atoms with van der Waals surface area (Å²) >= 11 is 6.57. The molecule has 0 bridgehead atoms. The average molecular weight is 468 g/mol. The van der Waals surface area contributed by atoms with Gasteiger partial charge < -0.3 is 14.9 Å². The van der Waals surface area contributed by atoms with E-state index >= 15 is 0 Å². The first kappa shape index (κ1) is 21.7. The zero-order valence-electron chi connectivity index (χ0n) is 18.4. The second kappa shape index (κ2) is 8.67. The highest BCUT2D eigenvalue weighted by atomic mass is 35.5. The Morgan fingerprint density at radius 2 is 1.94 bits per heavy atom. The first-order valence-electron chi connectivity index (χ1n) is 11.3. The summed E-state index contributed by atoms with van der Waals surface area (Å²) in [5.74, 6) is -0.133. The number of carbonyl (C=O) groups is 2. The molecular formula is C24H26ClN5O3. The van der Waals surface area contributed by atoms with Gasteiger partial charge in [-0.1, -0.05) is 30.5 Å². The molecule has 33 heavy (non-hydrogen) atoms. The Kier molecular flexibility index (Phi) is 5.70. The summed E-state index contributed by atoms with van der Waals surface area (Å²) in [4.78, 5) is 32.3. The van der Waals surface area contributed by atoms with Gasteiger partial charge in [-0.3, -0.25) is 9.48 Å². The van der Waals surface area contributed by atoms with E-state index < -0.39 is 6.09 Å². The molecule has 1 atom stereocenters. The number of benzene rings is 1. The van der Waals surface area contributed by atoms with Crippen LogP contribution in [0, 0.1) is 0 Å². The number of rotatable bonds is 3. The van der Waals surface area contributed by atoms with Crippen molar-refractivity contribution in [3.8, 4) is 11.3 Å². The van der Waals surface area contributed by atoms with Crippen molar-refractivity contribution < 1.29 is 14.7 Å². The van der Waals surface area contributed by atoms with Gasteiger partial charge >= 0.3 is 6.09 Å². The van der Waals surface area contributed by atoms with Gasteiger partial charge in [0.2, 0.25) is 0 Å². The molecule has 0 unspecified atom stereocenters. The second-order valence-electron chi connectivity index (χ2n) is 8.94. The maximum absolute atomic E-state index is 13.1. The molecule has 1 aliphatic heterocycles. The molecule has 0 spiro atoms. The maximum atomic E-state index is 13.1. The molecule has 1 saturated heterocycles. The second-order valence-corrected chi connectivity index (χ2v) is 9.35. The normalized spacial score (nSPS) is 19.4. The zero-order chi connectivity index (χ0) is 23.1. The molecule has 1 aliphatic carbocycles. The van der Waals surface area contributed by atoms with Gasteiger partial charge in [-0.05, 0) is 38.0 Å². The van der Waals surface area contributed by atoms with E-state index in [9.17, 15) is 14.7 Å². The van der Waals surface area contributed by atoms with E-state index in [0.29, 0.717) is 41.8 Å². The zero-order valence-corrected chi connectivity index (χ0v) is 19.2. The van der Waals surface area contributed by atoms with Crippen molar-refractivity contribution in [1.29, 1.82) is 0 Å². The van der Waals surface area contributed by atoms with Crippen LogP contribution in [0.15, 0.2) is 36.7 Å². The van der Waals surface area contributed by atoms with Gasteiger partial charge in [0.25, 0.3) is 5.91 Å². The van der Waals surface area contributed by atoms with Crippen molar-refractivity contribution in [3.63, 3.8) is 0 Å². The molecule has 1 saturated carbocycles. The third kappa shape index (κ3) is 4.15. The summed E-state index contributed by atoms with van der Waals surface area (Å²) in [5, 5.41) is 15.2. The van der Waals surface area contributed by atoms with Crippen molar-refractivity contribution >= 4 is 34.5 Å². The van der Waals surface area contributed by atoms with Crippen molar-refractivity contribution in [2.75, 3.05) is 19.6 Å². The van der Waals surface area contributed by atoms with Gasteiger partial charge in [0.05, 0.1) is 28.5 Å².